The molecule has 3 rings (SSSR count). The Labute approximate surface area is 166 Å². The van der Waals surface area contributed by atoms with Gasteiger partial charge in [-0.1, -0.05) is 6.07 Å². The van der Waals surface area contributed by atoms with Gasteiger partial charge >= 0.3 is 0 Å². The van der Waals surface area contributed by atoms with Crippen molar-refractivity contribution in [3.63, 3.8) is 0 Å². The molecule has 1 saturated heterocycles. The molecule has 5 heteroatoms. The second kappa shape index (κ2) is 8.83. The highest BCUT2D eigenvalue weighted by Crippen LogP contribution is 2.28. The smallest absolute Gasteiger partial charge is 0.246 e. The van der Waals surface area contributed by atoms with Crippen molar-refractivity contribution in [2.45, 2.75) is 26.7 Å². The quantitative estimate of drug-likeness (QED) is 0.586. The van der Waals surface area contributed by atoms with Crippen LogP contribution in [-0.2, 0) is 4.79 Å². The van der Waals surface area contributed by atoms with Crippen LogP contribution in [0.3, 0.4) is 0 Å². The van der Waals surface area contributed by atoms with Crippen molar-refractivity contribution in [2.75, 3.05) is 20.2 Å². The molecule has 0 radical (unpaired) electrons. The lowest BCUT2D eigenvalue weighted by Crippen LogP contribution is -2.41. The summed E-state index contributed by atoms with van der Waals surface area (Å²) >= 11 is 0. The van der Waals surface area contributed by atoms with Crippen LogP contribution in [0.2, 0.25) is 0 Å². The number of hydrogen-bond acceptors (Lipinski definition) is 4. The molecule has 5 nitrogen and oxygen atoms in total. The van der Waals surface area contributed by atoms with Crippen LogP contribution in [0.1, 0.15) is 40.0 Å². The van der Waals surface area contributed by atoms with Crippen molar-refractivity contribution in [3.05, 3.63) is 65.0 Å². The van der Waals surface area contributed by atoms with Gasteiger partial charge in [-0.15, -0.1) is 0 Å². The Kier molecular flexibility index (Phi) is 6.24. The predicted molar refractivity (Wildman–Crippen MR) is 109 cm³/mol. The first-order chi connectivity index (χ1) is 13.5. The number of piperidine rings is 1. The summed E-state index contributed by atoms with van der Waals surface area (Å²) < 4.78 is 5.39. The molecule has 0 aliphatic carbocycles. The van der Waals surface area contributed by atoms with Gasteiger partial charge in [0.1, 0.15) is 5.75 Å². The molecule has 2 aromatic rings. The topological polar surface area (TPSA) is 59.5 Å². The minimum absolute atomic E-state index is 0.0785. The van der Waals surface area contributed by atoms with Gasteiger partial charge in [0.2, 0.25) is 5.91 Å². The predicted octanol–water partition coefficient (Wildman–Crippen LogP) is 3.84. The van der Waals surface area contributed by atoms with E-state index in [0.29, 0.717) is 18.7 Å². The normalized spacial score (nSPS) is 17.0. The Morgan fingerprint density at radius 1 is 1.21 bits per heavy atom. The number of likely N-dealkylation sites (tertiary alicyclic amines) is 1. The highest BCUT2D eigenvalue weighted by atomic mass is 16.5. The number of aryl methyl sites for hydroxylation is 2. The Bertz CT molecular complexity index is 867. The number of aromatic nitrogens is 1. The number of carbonyl (C=O) groups excluding carboxylic acids is 2. The molecule has 0 spiro atoms. The van der Waals surface area contributed by atoms with Gasteiger partial charge in [-0.2, -0.15) is 0 Å². The first-order valence-corrected chi connectivity index (χ1v) is 9.57. The lowest BCUT2D eigenvalue weighted by molar-refractivity contribution is -0.127. The molecule has 0 N–H and O–H groups in total. The van der Waals surface area contributed by atoms with Crippen molar-refractivity contribution in [3.8, 4) is 5.75 Å². The average molecular weight is 378 g/mol. The number of hydrogen-bond donors (Lipinski definition) is 0. The molecule has 1 amide bonds. The van der Waals surface area contributed by atoms with E-state index in [9.17, 15) is 9.59 Å². The number of ether oxygens (including phenoxy) is 1. The number of ketones is 1. The molecule has 146 valence electrons. The van der Waals surface area contributed by atoms with E-state index in [4.69, 9.17) is 4.74 Å². The van der Waals surface area contributed by atoms with Gasteiger partial charge < -0.3 is 9.64 Å². The zero-order valence-corrected chi connectivity index (χ0v) is 16.6. The van der Waals surface area contributed by atoms with E-state index in [2.05, 4.69) is 4.98 Å². The van der Waals surface area contributed by atoms with Gasteiger partial charge in [0, 0.05) is 36.8 Å². The minimum Gasteiger partial charge on any atom is -0.496 e. The van der Waals surface area contributed by atoms with Gasteiger partial charge in [-0.25, -0.2) is 0 Å². The summed E-state index contributed by atoms with van der Waals surface area (Å²) in [5.74, 6) is 0.662. The van der Waals surface area contributed by atoms with E-state index >= 15 is 0 Å². The maximum absolute atomic E-state index is 13.0. The fraction of sp³-hybridized carbons (Fsp3) is 0.348. The molecule has 0 saturated carbocycles. The zero-order chi connectivity index (χ0) is 20.1. The van der Waals surface area contributed by atoms with E-state index in [1.54, 1.807) is 24.3 Å². The number of methoxy groups -OCH3 is 1. The van der Waals surface area contributed by atoms with E-state index in [1.807, 2.05) is 44.2 Å². The van der Waals surface area contributed by atoms with Crippen molar-refractivity contribution >= 4 is 17.8 Å². The highest BCUT2D eigenvalue weighted by Gasteiger charge is 2.28. The minimum atomic E-state index is -0.173. The zero-order valence-electron chi connectivity index (χ0n) is 16.6. The molecular formula is C23H26N2O3. The monoisotopic (exact) mass is 378 g/mol. The Morgan fingerprint density at radius 3 is 2.61 bits per heavy atom. The van der Waals surface area contributed by atoms with E-state index < -0.39 is 0 Å². The number of rotatable bonds is 5. The summed E-state index contributed by atoms with van der Waals surface area (Å²) in [6.07, 6.45) is 6.57. The summed E-state index contributed by atoms with van der Waals surface area (Å²) in [6.45, 7) is 5.02. The SMILES string of the molecule is COc1c(C)cc(C(=O)C2CCCN(C(=O)/C=C/c3ccccn3)C2)cc1C. The number of pyridine rings is 1. The molecule has 1 unspecified atom stereocenters. The Hall–Kier alpha value is -2.95. The maximum atomic E-state index is 13.0. The van der Waals surface area contributed by atoms with Crippen LogP contribution in [0.4, 0.5) is 0 Å². The van der Waals surface area contributed by atoms with Crippen LogP contribution in [0.25, 0.3) is 6.08 Å². The summed E-state index contributed by atoms with van der Waals surface area (Å²) in [5, 5.41) is 0. The lowest BCUT2D eigenvalue weighted by Gasteiger charge is -2.31. The molecule has 1 aromatic carbocycles. The lowest BCUT2D eigenvalue weighted by atomic mass is 9.88. The van der Waals surface area contributed by atoms with Crippen LogP contribution < -0.4 is 4.74 Å². The number of benzene rings is 1. The fourth-order valence-electron chi connectivity index (χ4n) is 3.78. The number of carbonyl (C=O) groups is 2. The third-order valence-electron chi connectivity index (χ3n) is 5.14. The van der Waals surface area contributed by atoms with Crippen molar-refractivity contribution in [2.24, 2.45) is 5.92 Å². The summed E-state index contributed by atoms with van der Waals surface area (Å²) in [7, 11) is 1.64. The fourth-order valence-corrected chi connectivity index (χ4v) is 3.78. The Morgan fingerprint density at radius 2 is 1.96 bits per heavy atom. The molecule has 1 aliphatic rings. The molecular weight excluding hydrogens is 352 g/mol. The Balaban J connectivity index is 1.70. The van der Waals surface area contributed by atoms with E-state index in [0.717, 1.165) is 35.4 Å². The molecule has 0 bridgehead atoms. The molecule has 1 aliphatic heterocycles. The van der Waals surface area contributed by atoms with Crippen molar-refractivity contribution < 1.29 is 14.3 Å². The standard InChI is InChI=1S/C23H26N2O3/c1-16-13-19(14-17(2)23(16)28-3)22(27)18-7-6-12-25(15-18)21(26)10-9-20-8-4-5-11-24-20/h4-5,8-11,13-14,18H,6-7,12,15H2,1-3H3/b10-9+. The van der Waals surface area contributed by atoms with Gasteiger partial charge in [0.25, 0.3) is 0 Å². The van der Waals surface area contributed by atoms with Crippen LogP contribution in [-0.4, -0.2) is 41.8 Å². The van der Waals surface area contributed by atoms with Gasteiger partial charge in [-0.3, -0.25) is 14.6 Å². The number of amides is 1. The first kappa shape index (κ1) is 19.8. The maximum Gasteiger partial charge on any atom is 0.246 e. The molecule has 1 fully saturated rings. The van der Waals surface area contributed by atoms with E-state index in [1.165, 1.54) is 6.08 Å². The number of nitrogens with zero attached hydrogens (tertiary/aromatic N) is 2. The summed E-state index contributed by atoms with van der Waals surface area (Å²) in [6, 6.07) is 9.33. The summed E-state index contributed by atoms with van der Waals surface area (Å²) in [5.41, 5.74) is 3.34. The first-order valence-electron chi connectivity index (χ1n) is 9.57. The van der Waals surface area contributed by atoms with Gasteiger partial charge in [0.15, 0.2) is 5.78 Å². The van der Waals surface area contributed by atoms with E-state index in [-0.39, 0.29) is 17.6 Å². The largest absolute Gasteiger partial charge is 0.496 e. The van der Waals surface area contributed by atoms with Crippen LogP contribution in [0.15, 0.2) is 42.6 Å². The third-order valence-corrected chi connectivity index (χ3v) is 5.14. The molecule has 1 aromatic heterocycles. The average Bonchev–Trinajstić information content (AvgIpc) is 2.72. The van der Waals surface area contributed by atoms with Crippen molar-refractivity contribution in [1.29, 1.82) is 0 Å². The van der Waals surface area contributed by atoms with Crippen molar-refractivity contribution in [1.82, 2.24) is 9.88 Å². The van der Waals surface area contributed by atoms with Crippen LogP contribution in [0.5, 0.6) is 5.75 Å². The highest BCUT2D eigenvalue weighted by molar-refractivity contribution is 5.99. The second-order valence-electron chi connectivity index (χ2n) is 7.22. The third kappa shape index (κ3) is 4.47. The second-order valence-corrected chi connectivity index (χ2v) is 7.22. The molecule has 28 heavy (non-hydrogen) atoms. The molecule has 2 heterocycles. The van der Waals surface area contributed by atoms with Gasteiger partial charge in [-0.05, 0) is 68.2 Å². The molecule has 1 atom stereocenters. The van der Waals surface area contributed by atoms with Crippen LogP contribution in [0, 0.1) is 19.8 Å². The summed E-state index contributed by atoms with van der Waals surface area (Å²) in [4.78, 5) is 31.5. The number of Topliss-reactive ketones (excluding diaryl/α,β-unsaturated/α-hetero) is 1. The van der Waals surface area contributed by atoms with Crippen LogP contribution >= 0.6 is 0 Å². The van der Waals surface area contributed by atoms with Gasteiger partial charge in [0.05, 0.1) is 12.8 Å².